The smallest absolute Gasteiger partial charge is 0.0543 e. The van der Waals surface area contributed by atoms with E-state index in [9.17, 15) is 5.11 Å². The monoisotopic (exact) mass is 316 g/mol. The van der Waals surface area contributed by atoms with Gasteiger partial charge in [0.15, 0.2) is 0 Å². The van der Waals surface area contributed by atoms with Crippen LogP contribution in [0.4, 0.5) is 0 Å². The Kier molecular flexibility index (Phi) is 3.95. The van der Waals surface area contributed by atoms with Crippen molar-refractivity contribution in [2.45, 2.75) is 91.1 Å². The molecule has 4 fully saturated rings. The Labute approximate surface area is 142 Å². The van der Waals surface area contributed by atoms with Crippen LogP contribution in [0.2, 0.25) is 0 Å². The summed E-state index contributed by atoms with van der Waals surface area (Å²) in [7, 11) is 0. The summed E-state index contributed by atoms with van der Waals surface area (Å²) >= 11 is 0. The quantitative estimate of drug-likeness (QED) is 0.613. The molecule has 4 aliphatic rings. The summed E-state index contributed by atoms with van der Waals surface area (Å²) in [5.74, 6) is 3.65. The third kappa shape index (κ3) is 2.29. The summed E-state index contributed by atoms with van der Waals surface area (Å²) in [5.41, 5.74) is 2.85. The number of fused-ring (bicyclic) bond motifs is 5. The van der Waals surface area contributed by atoms with Gasteiger partial charge in [-0.2, -0.15) is 0 Å². The number of rotatable bonds is 1. The maximum atomic E-state index is 10.1. The molecule has 4 saturated carbocycles. The third-order valence-corrected chi connectivity index (χ3v) is 8.94. The Morgan fingerprint density at radius 2 is 1.87 bits per heavy atom. The van der Waals surface area contributed by atoms with Gasteiger partial charge in [-0.05, 0) is 98.7 Å². The highest BCUT2D eigenvalue weighted by Crippen LogP contribution is 2.67. The lowest BCUT2D eigenvalue weighted by molar-refractivity contribution is -0.116. The Morgan fingerprint density at radius 1 is 1.04 bits per heavy atom. The zero-order valence-corrected chi connectivity index (χ0v) is 15.5. The fourth-order valence-corrected chi connectivity index (χ4v) is 7.66. The fraction of sp³-hybridized carbons (Fsp3) is 0.909. The fourth-order valence-electron chi connectivity index (χ4n) is 7.66. The maximum Gasteiger partial charge on any atom is 0.0543 e. The first-order valence-corrected chi connectivity index (χ1v) is 10.4. The summed E-state index contributed by atoms with van der Waals surface area (Å²) in [6.07, 6.45) is 15.7. The zero-order chi connectivity index (χ0) is 16.2. The van der Waals surface area contributed by atoms with Crippen molar-refractivity contribution in [3.05, 3.63) is 11.6 Å². The van der Waals surface area contributed by atoms with Crippen molar-refractivity contribution >= 4 is 0 Å². The summed E-state index contributed by atoms with van der Waals surface area (Å²) in [6, 6.07) is 0. The van der Waals surface area contributed by atoms with Crippen LogP contribution in [-0.4, -0.2) is 11.2 Å². The standard InChI is InChI=1S/C22H36O/c1-4-5-15-7-9-19-18-8-6-16-14-17(23)10-12-22(16,3)20(18)11-13-21(15,19)2/h5,16-20,23H,4,6-14H2,1-3H3/b15-5-/t16-,17-,18+,19+,20+,21-,22+/m1/s1. The molecule has 130 valence electrons. The first kappa shape index (κ1) is 16.2. The second-order valence-corrected chi connectivity index (χ2v) is 9.72. The van der Waals surface area contributed by atoms with Gasteiger partial charge in [-0.1, -0.05) is 32.4 Å². The van der Waals surface area contributed by atoms with Crippen LogP contribution >= 0.6 is 0 Å². The summed E-state index contributed by atoms with van der Waals surface area (Å²) < 4.78 is 0. The molecule has 4 rings (SSSR count). The minimum Gasteiger partial charge on any atom is -0.393 e. The third-order valence-electron chi connectivity index (χ3n) is 8.94. The number of hydrogen-bond donors (Lipinski definition) is 1. The van der Waals surface area contributed by atoms with Crippen molar-refractivity contribution in [1.82, 2.24) is 0 Å². The van der Waals surface area contributed by atoms with Crippen molar-refractivity contribution in [2.24, 2.45) is 34.5 Å². The Bertz CT molecular complexity index is 494. The molecule has 7 atom stereocenters. The van der Waals surface area contributed by atoms with Crippen molar-refractivity contribution < 1.29 is 5.11 Å². The number of aliphatic hydroxyl groups is 1. The second kappa shape index (κ2) is 5.61. The van der Waals surface area contributed by atoms with E-state index >= 15 is 0 Å². The molecule has 0 aromatic carbocycles. The molecule has 1 heteroatoms. The van der Waals surface area contributed by atoms with Gasteiger partial charge in [0.2, 0.25) is 0 Å². The lowest BCUT2D eigenvalue weighted by Crippen LogP contribution is -2.53. The van der Waals surface area contributed by atoms with Gasteiger partial charge in [0.05, 0.1) is 6.10 Å². The van der Waals surface area contributed by atoms with Gasteiger partial charge in [-0.25, -0.2) is 0 Å². The van der Waals surface area contributed by atoms with Crippen molar-refractivity contribution in [3.63, 3.8) is 0 Å². The van der Waals surface area contributed by atoms with Crippen LogP contribution in [0.1, 0.15) is 85.0 Å². The van der Waals surface area contributed by atoms with Gasteiger partial charge in [-0.3, -0.25) is 0 Å². The summed E-state index contributed by atoms with van der Waals surface area (Å²) in [5, 5.41) is 10.1. The zero-order valence-electron chi connectivity index (χ0n) is 15.5. The minimum atomic E-state index is -0.0101. The second-order valence-electron chi connectivity index (χ2n) is 9.72. The van der Waals surface area contributed by atoms with Crippen LogP contribution in [0, 0.1) is 34.5 Å². The molecule has 0 bridgehead atoms. The van der Waals surface area contributed by atoms with E-state index in [0.717, 1.165) is 36.5 Å². The van der Waals surface area contributed by atoms with E-state index in [1.54, 1.807) is 5.57 Å². The molecule has 0 unspecified atom stereocenters. The van der Waals surface area contributed by atoms with Crippen LogP contribution in [0.25, 0.3) is 0 Å². The number of aliphatic hydroxyl groups excluding tert-OH is 1. The van der Waals surface area contributed by atoms with E-state index in [1.165, 1.54) is 51.4 Å². The van der Waals surface area contributed by atoms with E-state index in [4.69, 9.17) is 0 Å². The number of allylic oxidation sites excluding steroid dienone is 2. The molecule has 4 aliphatic carbocycles. The molecule has 0 spiro atoms. The summed E-state index contributed by atoms with van der Waals surface area (Å²) in [6.45, 7) is 7.50. The highest BCUT2D eigenvalue weighted by atomic mass is 16.3. The molecule has 0 aromatic rings. The molecule has 1 N–H and O–H groups in total. The first-order chi connectivity index (χ1) is 11.0. The van der Waals surface area contributed by atoms with Crippen molar-refractivity contribution in [2.75, 3.05) is 0 Å². The van der Waals surface area contributed by atoms with Crippen molar-refractivity contribution in [1.29, 1.82) is 0 Å². The van der Waals surface area contributed by atoms with Crippen LogP contribution in [0.15, 0.2) is 11.6 Å². The molecular weight excluding hydrogens is 280 g/mol. The highest BCUT2D eigenvalue weighted by Gasteiger charge is 2.58. The van der Waals surface area contributed by atoms with Gasteiger partial charge in [0.25, 0.3) is 0 Å². The largest absolute Gasteiger partial charge is 0.393 e. The Hall–Kier alpha value is -0.300. The average molecular weight is 317 g/mol. The molecule has 1 nitrogen and oxygen atoms in total. The average Bonchev–Trinajstić information content (AvgIpc) is 2.85. The van der Waals surface area contributed by atoms with Gasteiger partial charge in [0.1, 0.15) is 0 Å². The van der Waals surface area contributed by atoms with Crippen LogP contribution < -0.4 is 0 Å². The van der Waals surface area contributed by atoms with Crippen molar-refractivity contribution in [3.8, 4) is 0 Å². The minimum absolute atomic E-state index is 0.0101. The molecule has 0 saturated heterocycles. The molecule has 0 radical (unpaired) electrons. The van der Waals surface area contributed by atoms with E-state index in [0.29, 0.717) is 10.8 Å². The van der Waals surface area contributed by atoms with Crippen LogP contribution in [-0.2, 0) is 0 Å². The van der Waals surface area contributed by atoms with Gasteiger partial charge < -0.3 is 5.11 Å². The lowest BCUT2D eigenvalue weighted by Gasteiger charge is -2.60. The number of hydrogen-bond acceptors (Lipinski definition) is 1. The van der Waals surface area contributed by atoms with E-state index in [2.05, 4.69) is 26.8 Å². The molecule has 0 heterocycles. The predicted molar refractivity (Wildman–Crippen MR) is 96.1 cm³/mol. The topological polar surface area (TPSA) is 20.2 Å². The van der Waals surface area contributed by atoms with Crippen LogP contribution in [0.3, 0.4) is 0 Å². The first-order valence-electron chi connectivity index (χ1n) is 10.4. The van der Waals surface area contributed by atoms with Gasteiger partial charge in [0, 0.05) is 0 Å². The maximum absolute atomic E-state index is 10.1. The molecular formula is C22H36O. The van der Waals surface area contributed by atoms with E-state index in [1.807, 2.05) is 0 Å². The molecule has 23 heavy (non-hydrogen) atoms. The van der Waals surface area contributed by atoms with E-state index in [-0.39, 0.29) is 6.10 Å². The molecule has 0 aliphatic heterocycles. The lowest BCUT2D eigenvalue weighted by atomic mass is 9.45. The van der Waals surface area contributed by atoms with Gasteiger partial charge in [-0.15, -0.1) is 0 Å². The Morgan fingerprint density at radius 3 is 2.65 bits per heavy atom. The van der Waals surface area contributed by atoms with E-state index < -0.39 is 0 Å². The molecule has 0 aromatic heterocycles. The van der Waals surface area contributed by atoms with Gasteiger partial charge >= 0.3 is 0 Å². The molecule has 0 amide bonds. The SMILES string of the molecule is CC/C=C1/CC[C@H]2[C@@H]3CC[C@@H]4C[C@H](O)CC[C@]4(C)[C@H]3CC[C@]12C. The normalized spacial score (nSPS) is 54.4. The highest BCUT2D eigenvalue weighted by molar-refractivity contribution is 5.24. The predicted octanol–water partition coefficient (Wildman–Crippen LogP) is 5.73. The Balaban J connectivity index is 1.62. The summed E-state index contributed by atoms with van der Waals surface area (Å²) in [4.78, 5) is 0. The van der Waals surface area contributed by atoms with Crippen LogP contribution in [0.5, 0.6) is 0 Å².